The van der Waals surface area contributed by atoms with E-state index >= 15 is 0 Å². The molecule has 3 nitrogen and oxygen atoms in total. The molecule has 0 aromatic heterocycles. The van der Waals surface area contributed by atoms with Crippen LogP contribution < -0.4 is 5.32 Å². The molecule has 0 unspecified atom stereocenters. The van der Waals surface area contributed by atoms with Gasteiger partial charge in [0.15, 0.2) is 0 Å². The molecule has 0 heterocycles. The van der Waals surface area contributed by atoms with Gasteiger partial charge in [-0.25, -0.2) is 0 Å². The maximum absolute atomic E-state index is 12.4. The van der Waals surface area contributed by atoms with Crippen molar-refractivity contribution in [3.63, 3.8) is 0 Å². The number of hydrogen-bond donors (Lipinski definition) is 1. The van der Waals surface area contributed by atoms with Crippen molar-refractivity contribution in [2.45, 2.75) is 32.6 Å². The normalized spacial score (nSPS) is 14.5. The van der Waals surface area contributed by atoms with Crippen LogP contribution in [0.1, 0.15) is 53.3 Å². The van der Waals surface area contributed by atoms with Gasteiger partial charge in [0.25, 0.3) is 0 Å². The Bertz CT molecular complexity index is 563. The number of Topliss-reactive ketones (excluding diaryl/α,β-unsaturated/α-hetero) is 2. The molecular weight excluding hydrogens is 318 g/mol. The van der Waals surface area contributed by atoms with Gasteiger partial charge in [-0.3, -0.25) is 9.59 Å². The Morgan fingerprint density at radius 1 is 1.00 bits per heavy atom. The zero-order valence-electron chi connectivity index (χ0n) is 11.5. The van der Waals surface area contributed by atoms with E-state index in [4.69, 9.17) is 0 Å². The third-order valence-electron chi connectivity index (χ3n) is 3.39. The zero-order chi connectivity index (χ0) is 14.5. The fraction of sp³-hybridized carbons (Fsp3) is 0.375. The van der Waals surface area contributed by atoms with Gasteiger partial charge in [0.05, 0.1) is 4.48 Å². The summed E-state index contributed by atoms with van der Waals surface area (Å²) in [4.78, 5) is 24.6. The quantitative estimate of drug-likeness (QED) is 0.803. The lowest BCUT2D eigenvalue weighted by Crippen LogP contribution is -2.29. The van der Waals surface area contributed by atoms with Crippen molar-refractivity contribution < 1.29 is 9.59 Å². The Balaban J connectivity index is 2.11. The lowest BCUT2D eigenvalue weighted by atomic mass is 9.92. The first-order valence-corrected chi connectivity index (χ1v) is 7.78. The van der Waals surface area contributed by atoms with Gasteiger partial charge in [0.1, 0.15) is 5.70 Å². The Morgan fingerprint density at radius 3 is 2.30 bits per heavy atom. The summed E-state index contributed by atoms with van der Waals surface area (Å²) in [5.74, 6) is -0.237. The molecule has 0 radical (unpaired) electrons. The number of benzene rings is 1. The van der Waals surface area contributed by atoms with E-state index in [9.17, 15) is 9.59 Å². The average Bonchev–Trinajstić information content (AvgIpc) is 2.48. The van der Waals surface area contributed by atoms with E-state index in [2.05, 4.69) is 28.2 Å². The molecule has 0 saturated carbocycles. The number of ketones is 2. The molecule has 0 spiro atoms. The molecule has 0 fully saturated rings. The van der Waals surface area contributed by atoms with Gasteiger partial charge >= 0.3 is 0 Å². The summed E-state index contributed by atoms with van der Waals surface area (Å²) in [5, 5.41) is 3.11. The first kappa shape index (κ1) is 15.0. The molecule has 1 aliphatic rings. The maximum atomic E-state index is 12.4. The van der Waals surface area contributed by atoms with Crippen molar-refractivity contribution in [3.05, 3.63) is 45.6 Å². The van der Waals surface area contributed by atoms with Crippen LogP contribution in [-0.4, -0.2) is 18.1 Å². The molecule has 20 heavy (non-hydrogen) atoms. The Morgan fingerprint density at radius 2 is 1.65 bits per heavy atom. The van der Waals surface area contributed by atoms with Crippen LogP contribution in [0.2, 0.25) is 0 Å². The molecule has 0 amide bonds. The van der Waals surface area contributed by atoms with E-state index in [1.807, 2.05) is 0 Å². The van der Waals surface area contributed by atoms with Crippen LogP contribution >= 0.6 is 15.9 Å². The molecule has 1 aromatic carbocycles. The van der Waals surface area contributed by atoms with Crippen molar-refractivity contribution in [1.29, 1.82) is 0 Å². The Hall–Kier alpha value is -1.42. The van der Waals surface area contributed by atoms with Crippen LogP contribution in [0.15, 0.2) is 34.4 Å². The SMILES string of the molecule is CCCCCCNC1=C(Br)C(=O)c2ccccc2C1=O. The van der Waals surface area contributed by atoms with Gasteiger partial charge in [-0.2, -0.15) is 0 Å². The lowest BCUT2D eigenvalue weighted by Gasteiger charge is -2.19. The monoisotopic (exact) mass is 335 g/mol. The highest BCUT2D eigenvalue weighted by molar-refractivity contribution is 9.12. The largest absolute Gasteiger partial charge is 0.381 e. The highest BCUT2D eigenvalue weighted by atomic mass is 79.9. The van der Waals surface area contributed by atoms with Crippen LogP contribution in [0.4, 0.5) is 0 Å². The summed E-state index contributed by atoms with van der Waals surface area (Å²) in [6.45, 7) is 2.87. The fourth-order valence-electron chi connectivity index (χ4n) is 2.27. The number of rotatable bonds is 6. The summed E-state index contributed by atoms with van der Waals surface area (Å²) in [6.07, 6.45) is 4.50. The van der Waals surface area contributed by atoms with Crippen molar-refractivity contribution >= 4 is 27.5 Å². The molecule has 1 N–H and O–H groups in total. The molecular formula is C16H18BrNO2. The molecule has 4 heteroatoms. The first-order chi connectivity index (χ1) is 9.66. The van der Waals surface area contributed by atoms with E-state index in [0.29, 0.717) is 27.9 Å². The molecule has 0 bridgehead atoms. The first-order valence-electron chi connectivity index (χ1n) is 6.99. The number of unbranched alkanes of at least 4 members (excludes halogenated alkanes) is 3. The third-order valence-corrected chi connectivity index (χ3v) is 4.15. The van der Waals surface area contributed by atoms with Crippen LogP contribution in [0.25, 0.3) is 0 Å². The third kappa shape index (κ3) is 3.01. The summed E-state index contributed by atoms with van der Waals surface area (Å²) in [6, 6.07) is 6.94. The number of fused-ring (bicyclic) bond motifs is 1. The van der Waals surface area contributed by atoms with Crippen molar-refractivity contribution in [2.75, 3.05) is 6.54 Å². The number of allylic oxidation sites excluding steroid dienone is 2. The van der Waals surface area contributed by atoms with Crippen LogP contribution in [0, 0.1) is 0 Å². The molecule has 0 aliphatic heterocycles. The number of halogens is 1. The van der Waals surface area contributed by atoms with Gasteiger partial charge in [-0.05, 0) is 22.4 Å². The second kappa shape index (κ2) is 6.84. The topological polar surface area (TPSA) is 46.2 Å². The zero-order valence-corrected chi connectivity index (χ0v) is 13.1. The Kier molecular flexibility index (Phi) is 5.12. The summed E-state index contributed by atoms with van der Waals surface area (Å²) < 4.78 is 0.344. The maximum Gasteiger partial charge on any atom is 0.210 e. The fourth-order valence-corrected chi connectivity index (χ4v) is 2.80. The standard InChI is InChI=1S/C16H18BrNO2/c1-2-3-4-7-10-18-14-13(17)15(19)11-8-5-6-9-12(11)16(14)20/h5-6,8-9,18H,2-4,7,10H2,1H3. The molecule has 0 saturated heterocycles. The van der Waals surface area contributed by atoms with Gasteiger partial charge in [0, 0.05) is 17.7 Å². The van der Waals surface area contributed by atoms with Crippen molar-refractivity contribution in [1.82, 2.24) is 5.32 Å². The average molecular weight is 336 g/mol. The number of nitrogens with one attached hydrogen (secondary N) is 1. The molecule has 0 atom stereocenters. The summed E-state index contributed by atoms with van der Waals surface area (Å²) >= 11 is 3.26. The molecule has 106 valence electrons. The minimum Gasteiger partial charge on any atom is -0.381 e. The van der Waals surface area contributed by atoms with E-state index in [1.165, 1.54) is 12.8 Å². The van der Waals surface area contributed by atoms with Gasteiger partial charge in [-0.15, -0.1) is 0 Å². The molecule has 2 rings (SSSR count). The number of carbonyl (C=O) groups is 2. The molecule has 1 aromatic rings. The highest BCUT2D eigenvalue weighted by Gasteiger charge is 2.30. The minimum atomic E-state index is -0.128. The predicted octanol–water partition coefficient (Wildman–Crippen LogP) is 3.84. The van der Waals surface area contributed by atoms with E-state index < -0.39 is 0 Å². The van der Waals surface area contributed by atoms with Crippen molar-refractivity contribution in [2.24, 2.45) is 0 Å². The summed E-state index contributed by atoms with van der Waals surface area (Å²) in [5.41, 5.74) is 1.35. The van der Waals surface area contributed by atoms with Gasteiger partial charge < -0.3 is 5.32 Å². The van der Waals surface area contributed by atoms with E-state index in [1.54, 1.807) is 24.3 Å². The van der Waals surface area contributed by atoms with E-state index in [0.717, 1.165) is 12.8 Å². The van der Waals surface area contributed by atoms with Crippen LogP contribution in [0.5, 0.6) is 0 Å². The Labute approximate surface area is 127 Å². The summed E-state index contributed by atoms with van der Waals surface area (Å²) in [7, 11) is 0. The lowest BCUT2D eigenvalue weighted by molar-refractivity contribution is 0.0976. The highest BCUT2D eigenvalue weighted by Crippen LogP contribution is 2.28. The number of hydrogen-bond acceptors (Lipinski definition) is 3. The van der Waals surface area contributed by atoms with E-state index in [-0.39, 0.29) is 11.6 Å². The van der Waals surface area contributed by atoms with Gasteiger partial charge in [-0.1, -0.05) is 50.5 Å². The smallest absolute Gasteiger partial charge is 0.210 e. The molecule has 1 aliphatic carbocycles. The second-order valence-corrected chi connectivity index (χ2v) is 5.67. The van der Waals surface area contributed by atoms with Crippen LogP contribution in [-0.2, 0) is 0 Å². The minimum absolute atomic E-state index is 0.109. The number of carbonyl (C=O) groups excluding carboxylic acids is 2. The van der Waals surface area contributed by atoms with Crippen LogP contribution in [0.3, 0.4) is 0 Å². The van der Waals surface area contributed by atoms with Gasteiger partial charge in [0.2, 0.25) is 11.6 Å². The second-order valence-electron chi connectivity index (χ2n) is 4.88. The predicted molar refractivity (Wildman–Crippen MR) is 83.2 cm³/mol. The van der Waals surface area contributed by atoms with Crippen molar-refractivity contribution in [3.8, 4) is 0 Å².